The third kappa shape index (κ3) is 2.17. The first kappa shape index (κ1) is 9.75. The lowest BCUT2D eigenvalue weighted by Gasteiger charge is -2.09. The summed E-state index contributed by atoms with van der Waals surface area (Å²) in [6.07, 6.45) is 5.90. The van der Waals surface area contributed by atoms with Gasteiger partial charge in [0, 0.05) is 5.03 Å². The molecule has 0 unspecified atom stereocenters. The van der Waals surface area contributed by atoms with Crippen LogP contribution in [0, 0.1) is 0 Å². The van der Waals surface area contributed by atoms with Gasteiger partial charge in [0.05, 0.1) is 5.69 Å². The average Bonchev–Trinajstić information content (AvgIpc) is 2.18. The van der Waals surface area contributed by atoms with Gasteiger partial charge < -0.3 is 0 Å². The van der Waals surface area contributed by atoms with Crippen molar-refractivity contribution in [2.45, 2.75) is 12.8 Å². The molecule has 0 fully saturated rings. The molecular formula is C11H9Cl2N. The molecule has 0 saturated carbocycles. The summed E-state index contributed by atoms with van der Waals surface area (Å²) >= 11 is 11.7. The Balaban J connectivity index is 2.36. The molecule has 0 spiro atoms. The molecular weight excluding hydrogens is 217 g/mol. The normalized spacial score (nSPS) is 16.1. The number of hydrogen-bond donors (Lipinski definition) is 0. The fourth-order valence-corrected chi connectivity index (χ4v) is 1.86. The fourth-order valence-electron chi connectivity index (χ4n) is 1.45. The van der Waals surface area contributed by atoms with Crippen molar-refractivity contribution >= 4 is 28.8 Å². The van der Waals surface area contributed by atoms with Crippen molar-refractivity contribution in [3.05, 3.63) is 46.2 Å². The van der Waals surface area contributed by atoms with Crippen molar-refractivity contribution in [1.29, 1.82) is 0 Å². The van der Waals surface area contributed by atoms with Gasteiger partial charge in [0.2, 0.25) is 0 Å². The van der Waals surface area contributed by atoms with Crippen molar-refractivity contribution < 1.29 is 0 Å². The van der Waals surface area contributed by atoms with E-state index in [-0.39, 0.29) is 0 Å². The predicted molar refractivity (Wildman–Crippen MR) is 60.4 cm³/mol. The highest BCUT2D eigenvalue weighted by Crippen LogP contribution is 2.27. The lowest BCUT2D eigenvalue weighted by Crippen LogP contribution is -1.93. The number of hydrogen-bond acceptors (Lipinski definition) is 1. The Morgan fingerprint density at radius 1 is 1.21 bits per heavy atom. The van der Waals surface area contributed by atoms with Gasteiger partial charge >= 0.3 is 0 Å². The fraction of sp³-hybridized carbons (Fsp3) is 0.182. The van der Waals surface area contributed by atoms with Crippen LogP contribution in [0.4, 0.5) is 0 Å². The number of halogens is 2. The lowest BCUT2D eigenvalue weighted by atomic mass is 10.0. The lowest BCUT2D eigenvalue weighted by molar-refractivity contribution is 1.03. The minimum Gasteiger partial charge on any atom is -0.236 e. The molecule has 0 bridgehead atoms. The highest BCUT2D eigenvalue weighted by atomic mass is 35.5. The van der Waals surface area contributed by atoms with Gasteiger partial charge in [-0.05, 0) is 36.6 Å². The molecule has 3 heteroatoms. The molecule has 2 rings (SSSR count). The summed E-state index contributed by atoms with van der Waals surface area (Å²) in [5.41, 5.74) is 2.07. The summed E-state index contributed by atoms with van der Waals surface area (Å²) in [5.74, 6) is 0. The van der Waals surface area contributed by atoms with Crippen LogP contribution in [0.25, 0.3) is 5.57 Å². The third-order valence-corrected chi connectivity index (χ3v) is 2.58. The summed E-state index contributed by atoms with van der Waals surface area (Å²) < 4.78 is 0. The van der Waals surface area contributed by atoms with E-state index >= 15 is 0 Å². The molecule has 0 radical (unpaired) electrons. The molecule has 0 atom stereocenters. The van der Waals surface area contributed by atoms with Gasteiger partial charge in [-0.3, -0.25) is 0 Å². The van der Waals surface area contributed by atoms with Crippen molar-refractivity contribution in [2.24, 2.45) is 0 Å². The second-order valence-electron chi connectivity index (χ2n) is 3.14. The topological polar surface area (TPSA) is 12.9 Å². The second-order valence-corrected chi connectivity index (χ2v) is 3.97. The van der Waals surface area contributed by atoms with E-state index in [4.69, 9.17) is 23.2 Å². The van der Waals surface area contributed by atoms with E-state index in [2.05, 4.69) is 4.98 Å². The largest absolute Gasteiger partial charge is 0.236 e. The Kier molecular flexibility index (Phi) is 2.90. The zero-order chi connectivity index (χ0) is 9.97. The molecule has 0 N–H and O–H groups in total. The van der Waals surface area contributed by atoms with Gasteiger partial charge in [-0.25, -0.2) is 4.98 Å². The van der Waals surface area contributed by atoms with E-state index in [1.54, 1.807) is 6.07 Å². The van der Waals surface area contributed by atoms with E-state index in [0.717, 1.165) is 29.1 Å². The molecule has 1 heterocycles. The number of rotatable bonds is 1. The summed E-state index contributed by atoms with van der Waals surface area (Å²) in [5, 5.41) is 1.31. The van der Waals surface area contributed by atoms with Crippen molar-refractivity contribution in [3.8, 4) is 0 Å². The molecule has 1 nitrogen and oxygen atoms in total. The maximum atomic E-state index is 5.93. The third-order valence-electron chi connectivity index (χ3n) is 2.11. The van der Waals surface area contributed by atoms with Gasteiger partial charge in [0.25, 0.3) is 0 Å². The van der Waals surface area contributed by atoms with E-state index in [1.165, 1.54) is 0 Å². The molecule has 1 aromatic heterocycles. The number of pyridine rings is 1. The van der Waals surface area contributed by atoms with Gasteiger partial charge in [-0.15, -0.1) is 0 Å². The molecule has 72 valence electrons. The van der Waals surface area contributed by atoms with E-state index in [1.807, 2.05) is 24.3 Å². The van der Waals surface area contributed by atoms with Crippen LogP contribution >= 0.6 is 23.2 Å². The summed E-state index contributed by atoms with van der Waals surface area (Å²) in [7, 11) is 0. The number of allylic oxidation sites excluding steroid dienone is 4. The highest BCUT2D eigenvalue weighted by molar-refractivity contribution is 6.32. The minimum absolute atomic E-state index is 0.522. The molecule has 1 aromatic rings. The van der Waals surface area contributed by atoms with Gasteiger partial charge in [-0.2, -0.15) is 0 Å². The van der Waals surface area contributed by atoms with Crippen LogP contribution < -0.4 is 0 Å². The second kappa shape index (κ2) is 4.16. The van der Waals surface area contributed by atoms with Crippen LogP contribution in [0.15, 0.2) is 35.4 Å². The number of nitrogens with zero attached hydrogens (tertiary/aromatic N) is 1. The van der Waals surface area contributed by atoms with Gasteiger partial charge in [0.1, 0.15) is 5.15 Å². The monoisotopic (exact) mass is 225 g/mol. The Hall–Kier alpha value is -0.790. The minimum atomic E-state index is 0.522. The van der Waals surface area contributed by atoms with Crippen LogP contribution in [0.1, 0.15) is 18.5 Å². The Morgan fingerprint density at radius 2 is 2.07 bits per heavy atom. The molecule has 0 aromatic carbocycles. The van der Waals surface area contributed by atoms with Crippen LogP contribution in [0.3, 0.4) is 0 Å². The predicted octanol–water partition coefficient (Wildman–Crippen LogP) is 4.03. The SMILES string of the molecule is ClC1=CCCC(c2cccc(Cl)n2)=C1. The smallest absolute Gasteiger partial charge is 0.129 e. The first-order valence-electron chi connectivity index (χ1n) is 4.45. The summed E-state index contributed by atoms with van der Waals surface area (Å²) in [6, 6.07) is 5.62. The first-order valence-corrected chi connectivity index (χ1v) is 5.20. The van der Waals surface area contributed by atoms with E-state index in [9.17, 15) is 0 Å². The Morgan fingerprint density at radius 3 is 2.79 bits per heavy atom. The zero-order valence-corrected chi connectivity index (χ0v) is 9.02. The zero-order valence-electron chi connectivity index (χ0n) is 7.50. The molecule has 14 heavy (non-hydrogen) atoms. The Bertz CT molecular complexity index is 408. The van der Waals surface area contributed by atoms with Gasteiger partial charge in [-0.1, -0.05) is 35.3 Å². The van der Waals surface area contributed by atoms with Crippen molar-refractivity contribution in [2.75, 3.05) is 0 Å². The molecule has 0 saturated heterocycles. The van der Waals surface area contributed by atoms with Crippen LogP contribution in [0.5, 0.6) is 0 Å². The maximum Gasteiger partial charge on any atom is 0.129 e. The van der Waals surface area contributed by atoms with Crippen LogP contribution in [-0.4, -0.2) is 4.98 Å². The average molecular weight is 226 g/mol. The Labute approximate surface area is 93.1 Å². The molecule has 0 aliphatic heterocycles. The standard InChI is InChI=1S/C11H9Cl2N/c12-9-4-1-3-8(7-9)10-5-2-6-11(13)14-10/h2,4-7H,1,3H2. The first-order chi connectivity index (χ1) is 6.75. The summed E-state index contributed by atoms with van der Waals surface area (Å²) in [4.78, 5) is 4.24. The molecule has 1 aliphatic rings. The molecule has 1 aliphatic carbocycles. The quantitative estimate of drug-likeness (QED) is 0.658. The van der Waals surface area contributed by atoms with Crippen molar-refractivity contribution in [3.63, 3.8) is 0 Å². The van der Waals surface area contributed by atoms with Crippen molar-refractivity contribution in [1.82, 2.24) is 4.98 Å². The number of aromatic nitrogens is 1. The van der Waals surface area contributed by atoms with Crippen LogP contribution in [0.2, 0.25) is 5.15 Å². The van der Waals surface area contributed by atoms with Gasteiger partial charge in [0.15, 0.2) is 0 Å². The van der Waals surface area contributed by atoms with E-state index in [0.29, 0.717) is 5.15 Å². The molecule has 0 amide bonds. The highest BCUT2D eigenvalue weighted by Gasteiger charge is 2.07. The van der Waals surface area contributed by atoms with E-state index < -0.39 is 0 Å². The summed E-state index contributed by atoms with van der Waals surface area (Å²) in [6.45, 7) is 0. The maximum absolute atomic E-state index is 5.93. The van der Waals surface area contributed by atoms with Crippen LogP contribution in [-0.2, 0) is 0 Å².